The van der Waals surface area contributed by atoms with E-state index in [2.05, 4.69) is 136 Å². The Bertz CT molecular complexity index is 1210. The highest BCUT2D eigenvalue weighted by Crippen LogP contribution is 2.76. The molecular weight excluding hydrogens is 496 g/mol. The number of hydrogen-bond acceptors (Lipinski definition) is 1. The molecule has 0 bridgehead atoms. The summed E-state index contributed by atoms with van der Waals surface area (Å²) in [7, 11) is -1.12. The molecule has 5 rings (SSSR count). The first-order valence-corrected chi connectivity index (χ1v) is 16.8. The van der Waals surface area contributed by atoms with Gasteiger partial charge in [0, 0.05) is 25.9 Å². The van der Waals surface area contributed by atoms with Gasteiger partial charge in [0.2, 0.25) is 0 Å². The van der Waals surface area contributed by atoms with Gasteiger partial charge in [0.15, 0.2) is 0 Å². The standard InChI is InChI=1S/C35H41NP2/c1-6-19-36(37(32-22-26(2)20-27(3)23-32)33-24-28(4)21-29(5)25-33)38-34(30-13-9-7-10-14-30)17-18-35(38)31-15-11-8-12-16-31/h7-16,20-25,34-35H,6,17-19H2,1-5H3/t34-,35-/m0/s1. The lowest BCUT2D eigenvalue weighted by molar-refractivity contribution is 0.670. The van der Waals surface area contributed by atoms with Gasteiger partial charge >= 0.3 is 0 Å². The summed E-state index contributed by atoms with van der Waals surface area (Å²) in [5.41, 5.74) is 9.69. The highest BCUT2D eigenvalue weighted by atomic mass is 31.2. The molecule has 3 heteroatoms. The second-order valence-corrected chi connectivity index (χ2v) is 15.9. The fourth-order valence-corrected chi connectivity index (χ4v) is 14.2. The molecule has 1 heterocycles. The highest BCUT2D eigenvalue weighted by Gasteiger charge is 2.44. The van der Waals surface area contributed by atoms with Crippen molar-refractivity contribution in [1.29, 1.82) is 0 Å². The monoisotopic (exact) mass is 537 g/mol. The van der Waals surface area contributed by atoms with E-state index in [0.29, 0.717) is 11.3 Å². The van der Waals surface area contributed by atoms with Crippen LogP contribution in [0.5, 0.6) is 0 Å². The summed E-state index contributed by atoms with van der Waals surface area (Å²) in [5.74, 6) is 0. The number of nitrogens with zero attached hydrogens (tertiary/aromatic N) is 1. The molecule has 0 spiro atoms. The summed E-state index contributed by atoms with van der Waals surface area (Å²) in [4.78, 5) is 0. The lowest BCUT2D eigenvalue weighted by Gasteiger charge is -2.42. The second kappa shape index (κ2) is 12.3. The van der Waals surface area contributed by atoms with E-state index in [-0.39, 0.29) is 0 Å². The Morgan fingerprint density at radius 3 is 1.39 bits per heavy atom. The molecule has 0 amide bonds. The van der Waals surface area contributed by atoms with E-state index in [4.69, 9.17) is 0 Å². The third-order valence-electron chi connectivity index (χ3n) is 7.54. The minimum Gasteiger partial charge on any atom is -0.251 e. The van der Waals surface area contributed by atoms with Crippen LogP contribution < -0.4 is 10.6 Å². The van der Waals surface area contributed by atoms with Gasteiger partial charge in [-0.1, -0.05) is 102 Å². The van der Waals surface area contributed by atoms with Gasteiger partial charge in [0.25, 0.3) is 0 Å². The average molecular weight is 538 g/mol. The maximum absolute atomic E-state index is 3.02. The molecule has 38 heavy (non-hydrogen) atoms. The Hall–Kier alpha value is -2.30. The van der Waals surface area contributed by atoms with E-state index in [1.807, 2.05) is 0 Å². The van der Waals surface area contributed by atoms with Gasteiger partial charge in [-0.25, -0.2) is 0 Å². The highest BCUT2D eigenvalue weighted by molar-refractivity contribution is 7.79. The predicted molar refractivity (Wildman–Crippen MR) is 170 cm³/mol. The molecule has 196 valence electrons. The van der Waals surface area contributed by atoms with Crippen LogP contribution in [-0.2, 0) is 0 Å². The van der Waals surface area contributed by atoms with Crippen molar-refractivity contribution in [2.24, 2.45) is 0 Å². The molecule has 1 aliphatic rings. The minimum atomic E-state index is -0.668. The first-order valence-electron chi connectivity index (χ1n) is 14.1. The summed E-state index contributed by atoms with van der Waals surface area (Å²) < 4.78 is 3.02. The van der Waals surface area contributed by atoms with E-state index in [9.17, 15) is 0 Å². The van der Waals surface area contributed by atoms with Gasteiger partial charge in [-0.15, -0.1) is 0 Å². The van der Waals surface area contributed by atoms with Gasteiger partial charge in [0.05, 0.1) is 0 Å². The molecule has 1 nitrogen and oxygen atoms in total. The van der Waals surface area contributed by atoms with Crippen molar-refractivity contribution in [3.05, 3.63) is 130 Å². The molecule has 0 aromatic heterocycles. The van der Waals surface area contributed by atoms with Crippen LogP contribution in [0, 0.1) is 27.7 Å². The zero-order chi connectivity index (χ0) is 26.6. The van der Waals surface area contributed by atoms with E-state index in [0.717, 1.165) is 13.0 Å². The van der Waals surface area contributed by atoms with E-state index in [1.165, 1.54) is 56.8 Å². The van der Waals surface area contributed by atoms with Crippen LogP contribution in [0.4, 0.5) is 0 Å². The van der Waals surface area contributed by atoms with Crippen molar-refractivity contribution in [3.8, 4) is 0 Å². The minimum absolute atomic E-state index is 0.457. The molecule has 0 saturated carbocycles. The van der Waals surface area contributed by atoms with Crippen molar-refractivity contribution < 1.29 is 0 Å². The topological polar surface area (TPSA) is 3.24 Å². The van der Waals surface area contributed by atoms with E-state index >= 15 is 0 Å². The third-order valence-corrected chi connectivity index (χ3v) is 14.0. The third kappa shape index (κ3) is 5.97. The van der Waals surface area contributed by atoms with Gasteiger partial charge in [0.1, 0.15) is 0 Å². The summed E-state index contributed by atoms with van der Waals surface area (Å²) >= 11 is 0. The lowest BCUT2D eigenvalue weighted by atomic mass is 10.0. The zero-order valence-electron chi connectivity index (χ0n) is 23.6. The van der Waals surface area contributed by atoms with Crippen LogP contribution in [0.25, 0.3) is 0 Å². The van der Waals surface area contributed by atoms with E-state index in [1.54, 1.807) is 0 Å². The molecular formula is C35H41NP2. The SMILES string of the molecule is CCCN(P(c1cc(C)cc(C)c1)c1cc(C)cc(C)c1)P1[C@H](c2ccccc2)CC[C@H]1c1ccccc1. The van der Waals surface area contributed by atoms with Crippen molar-refractivity contribution in [2.45, 2.75) is 65.2 Å². The van der Waals surface area contributed by atoms with Crippen LogP contribution in [0.1, 0.15) is 70.9 Å². The molecule has 1 saturated heterocycles. The van der Waals surface area contributed by atoms with Gasteiger partial charge in [-0.3, -0.25) is 4.44 Å². The fraction of sp³-hybridized carbons (Fsp3) is 0.314. The quantitative estimate of drug-likeness (QED) is 0.202. The number of aryl methyl sites for hydroxylation is 4. The summed E-state index contributed by atoms with van der Waals surface area (Å²) in [6, 6.07) is 37.3. The Balaban J connectivity index is 1.72. The van der Waals surface area contributed by atoms with Crippen molar-refractivity contribution in [2.75, 3.05) is 6.54 Å². The van der Waals surface area contributed by atoms with Crippen LogP contribution in [0.15, 0.2) is 97.1 Å². The van der Waals surface area contributed by atoms with Crippen molar-refractivity contribution in [3.63, 3.8) is 0 Å². The molecule has 2 atom stereocenters. The number of rotatable bonds is 8. The first-order chi connectivity index (χ1) is 18.4. The number of hydrogen-bond donors (Lipinski definition) is 0. The Morgan fingerprint density at radius 2 is 1.03 bits per heavy atom. The number of benzene rings is 4. The molecule has 4 aromatic rings. The van der Waals surface area contributed by atoms with Gasteiger partial charge in [-0.2, -0.15) is 0 Å². The molecule has 1 fully saturated rings. The predicted octanol–water partition coefficient (Wildman–Crippen LogP) is 9.65. The summed E-state index contributed by atoms with van der Waals surface area (Å²) in [6.45, 7) is 12.5. The van der Waals surface area contributed by atoms with Gasteiger partial charge < -0.3 is 0 Å². The summed E-state index contributed by atoms with van der Waals surface area (Å²) in [5, 5.41) is 3.01. The average Bonchev–Trinajstić information content (AvgIpc) is 3.33. The summed E-state index contributed by atoms with van der Waals surface area (Å²) in [6.07, 6.45) is 3.69. The lowest BCUT2D eigenvalue weighted by Crippen LogP contribution is -2.28. The van der Waals surface area contributed by atoms with Crippen molar-refractivity contribution >= 4 is 26.8 Å². The van der Waals surface area contributed by atoms with Crippen molar-refractivity contribution in [1.82, 2.24) is 4.44 Å². The molecule has 1 aliphatic heterocycles. The van der Waals surface area contributed by atoms with Crippen LogP contribution >= 0.6 is 16.1 Å². The first kappa shape index (κ1) is 27.3. The maximum Gasteiger partial charge on any atom is 0.0318 e. The molecule has 0 unspecified atom stereocenters. The Morgan fingerprint density at radius 1 is 0.632 bits per heavy atom. The second-order valence-electron chi connectivity index (χ2n) is 10.9. The molecule has 4 aromatic carbocycles. The molecule has 0 radical (unpaired) electrons. The fourth-order valence-electron chi connectivity index (χ4n) is 6.19. The van der Waals surface area contributed by atoms with Crippen LogP contribution in [-0.4, -0.2) is 11.0 Å². The van der Waals surface area contributed by atoms with Gasteiger partial charge in [-0.05, 0) is 101 Å². The largest absolute Gasteiger partial charge is 0.251 e. The maximum atomic E-state index is 3.02. The molecule has 0 N–H and O–H groups in total. The molecule has 0 aliphatic carbocycles. The Kier molecular flexibility index (Phi) is 8.80. The normalized spacial score (nSPS) is 18.0. The van der Waals surface area contributed by atoms with Crippen LogP contribution in [0.3, 0.4) is 0 Å². The van der Waals surface area contributed by atoms with Crippen LogP contribution in [0.2, 0.25) is 0 Å². The zero-order valence-corrected chi connectivity index (χ0v) is 25.4. The smallest absolute Gasteiger partial charge is 0.0318 e. The Labute approximate surface area is 232 Å². The van der Waals surface area contributed by atoms with E-state index < -0.39 is 16.1 Å².